The number of halogens is 1. The van der Waals surface area contributed by atoms with Crippen LogP contribution in [0.25, 0.3) is 0 Å². The predicted molar refractivity (Wildman–Crippen MR) is 62.3 cm³/mol. The van der Waals surface area contributed by atoms with Crippen LogP contribution in [0.5, 0.6) is 0 Å². The Balaban J connectivity index is 1.79. The van der Waals surface area contributed by atoms with Gasteiger partial charge in [0.15, 0.2) is 0 Å². The van der Waals surface area contributed by atoms with Crippen molar-refractivity contribution in [2.45, 2.75) is 12.8 Å². The molecule has 0 radical (unpaired) electrons. The van der Waals surface area contributed by atoms with Crippen molar-refractivity contribution in [2.75, 3.05) is 11.9 Å². The van der Waals surface area contributed by atoms with E-state index in [2.05, 4.69) is 38.4 Å². The fourth-order valence-electron chi connectivity index (χ4n) is 1.23. The number of hydrogen-bond donors (Lipinski definition) is 1. The summed E-state index contributed by atoms with van der Waals surface area (Å²) in [6.45, 7) is 0.884. The molecule has 0 saturated heterocycles. The van der Waals surface area contributed by atoms with E-state index in [1.54, 1.807) is 6.20 Å². The fourth-order valence-corrected chi connectivity index (χ4v) is 1.60. The van der Waals surface area contributed by atoms with Gasteiger partial charge in [-0.05, 0) is 40.8 Å². The van der Waals surface area contributed by atoms with E-state index in [-0.39, 0.29) is 0 Å². The van der Waals surface area contributed by atoms with Gasteiger partial charge in [0.1, 0.15) is 0 Å². The Morgan fingerprint density at radius 2 is 2.36 bits per heavy atom. The summed E-state index contributed by atoms with van der Waals surface area (Å²) in [5.74, 6) is 0.859. The molecular weight excluding hydrogens is 240 g/mol. The first-order valence-electron chi connectivity index (χ1n) is 4.86. The number of nitrogens with one attached hydrogen (secondary N) is 1. The first-order chi connectivity index (χ1) is 6.84. The molecule has 14 heavy (non-hydrogen) atoms. The molecule has 2 rings (SSSR count). The molecule has 0 amide bonds. The van der Waals surface area contributed by atoms with Crippen LogP contribution >= 0.6 is 15.9 Å². The van der Waals surface area contributed by atoms with Gasteiger partial charge in [-0.25, -0.2) is 0 Å². The number of allylic oxidation sites excluding steroid dienone is 1. The minimum Gasteiger partial charge on any atom is -0.380 e. The molecule has 2 nitrogen and oxygen atoms in total. The molecular formula is C11H13BrN2. The second-order valence-electron chi connectivity index (χ2n) is 3.54. The topological polar surface area (TPSA) is 24.9 Å². The van der Waals surface area contributed by atoms with Crippen LogP contribution in [0.3, 0.4) is 0 Å². The fraction of sp³-hybridized carbons (Fsp3) is 0.364. The van der Waals surface area contributed by atoms with Crippen LogP contribution in [0.2, 0.25) is 0 Å². The largest absolute Gasteiger partial charge is 0.380 e. The van der Waals surface area contributed by atoms with Crippen molar-refractivity contribution in [1.29, 1.82) is 0 Å². The van der Waals surface area contributed by atoms with Crippen molar-refractivity contribution in [1.82, 2.24) is 4.98 Å². The quantitative estimate of drug-likeness (QED) is 0.833. The van der Waals surface area contributed by atoms with Gasteiger partial charge in [0.25, 0.3) is 0 Å². The zero-order chi connectivity index (χ0) is 9.80. The molecule has 1 saturated carbocycles. The number of aromatic nitrogens is 1. The predicted octanol–water partition coefficient (Wildman–Crippen LogP) is 3.22. The summed E-state index contributed by atoms with van der Waals surface area (Å²) in [5.41, 5.74) is 1.06. The molecule has 1 aromatic heterocycles. The molecule has 74 valence electrons. The van der Waals surface area contributed by atoms with Crippen molar-refractivity contribution in [3.8, 4) is 0 Å². The monoisotopic (exact) mass is 252 g/mol. The third-order valence-corrected chi connectivity index (χ3v) is 2.59. The van der Waals surface area contributed by atoms with Crippen LogP contribution in [0.1, 0.15) is 12.8 Å². The zero-order valence-electron chi connectivity index (χ0n) is 7.91. The van der Waals surface area contributed by atoms with Gasteiger partial charge in [-0.1, -0.05) is 12.2 Å². The third-order valence-electron chi connectivity index (χ3n) is 2.16. The highest BCUT2D eigenvalue weighted by atomic mass is 79.9. The maximum Gasteiger partial charge on any atom is 0.0540 e. The maximum absolute atomic E-state index is 4.08. The lowest BCUT2D eigenvalue weighted by molar-refractivity contribution is 1.11. The third kappa shape index (κ3) is 3.14. The lowest BCUT2D eigenvalue weighted by Gasteiger charge is -2.02. The van der Waals surface area contributed by atoms with Crippen LogP contribution in [-0.4, -0.2) is 11.5 Å². The van der Waals surface area contributed by atoms with Crippen LogP contribution in [0, 0.1) is 5.92 Å². The van der Waals surface area contributed by atoms with Crippen molar-refractivity contribution < 1.29 is 0 Å². The molecule has 1 aliphatic carbocycles. The normalized spacial score (nSPS) is 16.1. The van der Waals surface area contributed by atoms with Crippen molar-refractivity contribution in [3.05, 3.63) is 35.1 Å². The van der Waals surface area contributed by atoms with Gasteiger partial charge in [0.2, 0.25) is 0 Å². The summed E-state index contributed by atoms with van der Waals surface area (Å²) < 4.78 is 1.01. The van der Waals surface area contributed by atoms with Crippen molar-refractivity contribution in [3.63, 3.8) is 0 Å². The molecule has 1 aliphatic rings. The van der Waals surface area contributed by atoms with Gasteiger partial charge >= 0.3 is 0 Å². The zero-order valence-corrected chi connectivity index (χ0v) is 9.50. The van der Waals surface area contributed by atoms with E-state index >= 15 is 0 Å². The van der Waals surface area contributed by atoms with E-state index in [1.807, 2.05) is 12.3 Å². The first-order valence-corrected chi connectivity index (χ1v) is 5.65. The van der Waals surface area contributed by atoms with E-state index in [9.17, 15) is 0 Å². The Kier molecular flexibility index (Phi) is 3.19. The second kappa shape index (κ2) is 4.60. The molecule has 1 N–H and O–H groups in total. The molecule has 0 unspecified atom stereocenters. The Morgan fingerprint density at radius 3 is 3.07 bits per heavy atom. The summed E-state index contributed by atoms with van der Waals surface area (Å²) in [5, 5.41) is 3.29. The Bertz CT molecular complexity index is 332. The highest BCUT2D eigenvalue weighted by molar-refractivity contribution is 9.10. The molecule has 0 spiro atoms. The lowest BCUT2D eigenvalue weighted by Crippen LogP contribution is -1.98. The number of nitrogens with zero attached hydrogens (tertiary/aromatic N) is 1. The molecule has 0 aliphatic heterocycles. The average molecular weight is 253 g/mol. The smallest absolute Gasteiger partial charge is 0.0540 e. The molecule has 1 heterocycles. The summed E-state index contributed by atoms with van der Waals surface area (Å²) in [6, 6.07) is 2.03. The van der Waals surface area contributed by atoms with Gasteiger partial charge in [-0.2, -0.15) is 0 Å². The lowest BCUT2D eigenvalue weighted by atomic mass is 10.3. The Hall–Kier alpha value is -0.830. The molecule has 3 heteroatoms. The van der Waals surface area contributed by atoms with E-state index in [4.69, 9.17) is 0 Å². The molecule has 0 aromatic carbocycles. The number of rotatable bonds is 4. The highest BCUT2D eigenvalue weighted by Gasteiger charge is 2.16. The van der Waals surface area contributed by atoms with Gasteiger partial charge in [-0.15, -0.1) is 0 Å². The molecule has 0 bridgehead atoms. The van der Waals surface area contributed by atoms with Gasteiger partial charge in [0.05, 0.1) is 11.9 Å². The van der Waals surface area contributed by atoms with Crippen LogP contribution in [0.4, 0.5) is 5.69 Å². The molecule has 1 fully saturated rings. The Morgan fingerprint density at radius 1 is 1.50 bits per heavy atom. The second-order valence-corrected chi connectivity index (χ2v) is 4.45. The van der Waals surface area contributed by atoms with E-state index < -0.39 is 0 Å². The summed E-state index contributed by atoms with van der Waals surface area (Å²) in [4.78, 5) is 4.08. The SMILES string of the molecule is Brc1cncc(NC/C=C/C2CC2)c1. The minimum absolute atomic E-state index is 0.859. The molecule has 1 aromatic rings. The van der Waals surface area contributed by atoms with Crippen LogP contribution in [0.15, 0.2) is 35.1 Å². The number of hydrogen-bond acceptors (Lipinski definition) is 2. The average Bonchev–Trinajstić information content (AvgIpc) is 2.96. The van der Waals surface area contributed by atoms with Crippen molar-refractivity contribution in [2.24, 2.45) is 5.92 Å². The molecule has 0 atom stereocenters. The minimum atomic E-state index is 0.859. The van der Waals surface area contributed by atoms with Gasteiger partial charge < -0.3 is 5.32 Å². The van der Waals surface area contributed by atoms with E-state index in [1.165, 1.54) is 12.8 Å². The van der Waals surface area contributed by atoms with Crippen LogP contribution in [-0.2, 0) is 0 Å². The van der Waals surface area contributed by atoms with Crippen molar-refractivity contribution >= 4 is 21.6 Å². The maximum atomic E-state index is 4.08. The van der Waals surface area contributed by atoms with Gasteiger partial charge in [0, 0.05) is 17.2 Å². The number of anilines is 1. The summed E-state index contributed by atoms with van der Waals surface area (Å²) in [6.07, 6.45) is 10.8. The van der Waals surface area contributed by atoms with E-state index in [0.717, 1.165) is 22.6 Å². The van der Waals surface area contributed by atoms with E-state index in [0.29, 0.717) is 0 Å². The summed E-state index contributed by atoms with van der Waals surface area (Å²) >= 11 is 3.38. The standard InChI is InChI=1S/C11H13BrN2/c12-10-6-11(8-13-7-10)14-5-1-2-9-3-4-9/h1-2,6-9,14H,3-5H2/b2-1+. The first kappa shape index (κ1) is 9.71. The van der Waals surface area contributed by atoms with Gasteiger partial charge in [-0.3, -0.25) is 4.98 Å². The Labute approximate surface area is 92.6 Å². The van der Waals surface area contributed by atoms with Crippen LogP contribution < -0.4 is 5.32 Å². The summed E-state index contributed by atoms with van der Waals surface area (Å²) in [7, 11) is 0. The highest BCUT2D eigenvalue weighted by Crippen LogP contribution is 2.29. The number of pyridine rings is 1.